The second-order valence-corrected chi connectivity index (χ2v) is 7.23. The quantitative estimate of drug-likeness (QED) is 0.259. The molecule has 0 radical (unpaired) electrons. The third-order valence-corrected chi connectivity index (χ3v) is 4.87. The van der Waals surface area contributed by atoms with Crippen molar-refractivity contribution >= 4 is 11.9 Å². The molecule has 0 saturated carbocycles. The van der Waals surface area contributed by atoms with Crippen LogP contribution in [0.2, 0.25) is 0 Å². The highest BCUT2D eigenvalue weighted by Gasteiger charge is 2.33. The molecular formula is C22H42O5. The number of esters is 2. The molecule has 0 aromatic heterocycles. The standard InChI is InChI=1S/C22H42O5/c1-4-7-8-9-10-11-12-13-14-15-16-17-18-19(21(24)26-5-2)20(23)22(25)27-6-3/h19-20,23H,4-18H2,1-3H3/t19-,20+/m1/s1. The van der Waals surface area contributed by atoms with Gasteiger partial charge in [0.2, 0.25) is 0 Å². The lowest BCUT2D eigenvalue weighted by molar-refractivity contribution is -0.166. The van der Waals surface area contributed by atoms with Gasteiger partial charge in [0.1, 0.15) is 0 Å². The summed E-state index contributed by atoms with van der Waals surface area (Å²) >= 11 is 0. The second kappa shape index (κ2) is 18.3. The minimum absolute atomic E-state index is 0.185. The van der Waals surface area contributed by atoms with E-state index in [2.05, 4.69) is 6.92 Å². The topological polar surface area (TPSA) is 72.8 Å². The van der Waals surface area contributed by atoms with Crippen LogP contribution in [0.1, 0.15) is 104 Å². The van der Waals surface area contributed by atoms with E-state index >= 15 is 0 Å². The van der Waals surface area contributed by atoms with E-state index in [0.717, 1.165) is 19.3 Å². The van der Waals surface area contributed by atoms with E-state index < -0.39 is 24.0 Å². The summed E-state index contributed by atoms with van der Waals surface area (Å²) in [6.45, 7) is 6.06. The number of aliphatic hydroxyl groups excluding tert-OH is 1. The van der Waals surface area contributed by atoms with Gasteiger partial charge in [-0.3, -0.25) is 4.79 Å². The first-order valence-electron chi connectivity index (χ1n) is 11.1. The first-order chi connectivity index (χ1) is 13.1. The summed E-state index contributed by atoms with van der Waals surface area (Å²) in [7, 11) is 0. The van der Waals surface area contributed by atoms with Crippen molar-refractivity contribution in [1.29, 1.82) is 0 Å². The summed E-state index contributed by atoms with van der Waals surface area (Å²) in [5.74, 6) is -2.08. The predicted molar refractivity (Wildman–Crippen MR) is 108 cm³/mol. The molecule has 0 unspecified atom stereocenters. The second-order valence-electron chi connectivity index (χ2n) is 7.23. The number of hydrogen-bond acceptors (Lipinski definition) is 5. The molecular weight excluding hydrogens is 344 g/mol. The lowest BCUT2D eigenvalue weighted by Gasteiger charge is -2.20. The summed E-state index contributed by atoms with van der Waals surface area (Å²) in [4.78, 5) is 23.8. The van der Waals surface area contributed by atoms with Gasteiger partial charge in [-0.15, -0.1) is 0 Å². The van der Waals surface area contributed by atoms with Crippen molar-refractivity contribution in [3.05, 3.63) is 0 Å². The van der Waals surface area contributed by atoms with Crippen LogP contribution in [0.25, 0.3) is 0 Å². The van der Waals surface area contributed by atoms with E-state index in [1.54, 1.807) is 13.8 Å². The summed E-state index contributed by atoms with van der Waals surface area (Å²) in [6.07, 6.45) is 13.8. The van der Waals surface area contributed by atoms with Gasteiger partial charge in [-0.1, -0.05) is 84.0 Å². The van der Waals surface area contributed by atoms with Crippen LogP contribution >= 0.6 is 0 Å². The van der Waals surface area contributed by atoms with Crippen molar-refractivity contribution in [2.75, 3.05) is 13.2 Å². The fourth-order valence-corrected chi connectivity index (χ4v) is 3.25. The van der Waals surface area contributed by atoms with Gasteiger partial charge in [0.05, 0.1) is 19.1 Å². The summed E-state index contributed by atoms with van der Waals surface area (Å²) in [6, 6.07) is 0. The number of aliphatic hydroxyl groups is 1. The van der Waals surface area contributed by atoms with E-state index in [9.17, 15) is 14.7 Å². The van der Waals surface area contributed by atoms with Gasteiger partial charge in [0, 0.05) is 0 Å². The molecule has 5 heteroatoms. The number of rotatable bonds is 18. The maximum Gasteiger partial charge on any atom is 0.335 e. The van der Waals surface area contributed by atoms with E-state index in [1.807, 2.05) is 0 Å². The van der Waals surface area contributed by atoms with Crippen LogP contribution in [0.4, 0.5) is 0 Å². The van der Waals surface area contributed by atoms with Crippen LogP contribution in [0.5, 0.6) is 0 Å². The molecule has 0 rings (SSSR count). The Balaban J connectivity index is 3.90. The lowest BCUT2D eigenvalue weighted by atomic mass is 9.94. The number of hydrogen-bond donors (Lipinski definition) is 1. The molecule has 0 bridgehead atoms. The van der Waals surface area contributed by atoms with Gasteiger partial charge in [0.25, 0.3) is 0 Å². The van der Waals surface area contributed by atoms with E-state index in [0.29, 0.717) is 6.42 Å². The Bertz CT molecular complexity index is 370. The smallest absolute Gasteiger partial charge is 0.335 e. The highest BCUT2D eigenvalue weighted by atomic mass is 16.6. The Kier molecular flexibility index (Phi) is 17.5. The Hall–Kier alpha value is -1.10. The van der Waals surface area contributed by atoms with Crippen LogP contribution < -0.4 is 0 Å². The van der Waals surface area contributed by atoms with Crippen LogP contribution in [-0.4, -0.2) is 36.4 Å². The van der Waals surface area contributed by atoms with Gasteiger partial charge in [-0.25, -0.2) is 4.79 Å². The Morgan fingerprint density at radius 3 is 1.52 bits per heavy atom. The van der Waals surface area contributed by atoms with Crippen LogP contribution in [0.3, 0.4) is 0 Å². The maximum absolute atomic E-state index is 12.0. The molecule has 0 aliphatic carbocycles. The molecule has 2 atom stereocenters. The highest BCUT2D eigenvalue weighted by Crippen LogP contribution is 2.19. The molecule has 0 aliphatic heterocycles. The SMILES string of the molecule is CCCCCCCCCCCCCC[C@@H](C(=O)OCC)[C@H](O)C(=O)OCC. The molecule has 0 aromatic carbocycles. The van der Waals surface area contributed by atoms with Crippen LogP contribution in [0.15, 0.2) is 0 Å². The third-order valence-electron chi connectivity index (χ3n) is 4.87. The van der Waals surface area contributed by atoms with Crippen molar-refractivity contribution < 1.29 is 24.2 Å². The molecule has 160 valence electrons. The first kappa shape index (κ1) is 25.9. The zero-order valence-corrected chi connectivity index (χ0v) is 17.8. The molecule has 0 saturated heterocycles. The van der Waals surface area contributed by atoms with Gasteiger partial charge in [-0.2, -0.15) is 0 Å². The van der Waals surface area contributed by atoms with Crippen molar-refractivity contribution in [3.63, 3.8) is 0 Å². The Labute approximate surface area is 166 Å². The van der Waals surface area contributed by atoms with E-state index in [-0.39, 0.29) is 13.2 Å². The zero-order valence-electron chi connectivity index (χ0n) is 17.8. The average Bonchev–Trinajstić information content (AvgIpc) is 2.65. The number of unbranched alkanes of at least 4 members (excludes halogenated alkanes) is 11. The van der Waals surface area contributed by atoms with Gasteiger partial charge in [-0.05, 0) is 20.3 Å². The fraction of sp³-hybridized carbons (Fsp3) is 0.909. The molecule has 0 fully saturated rings. The van der Waals surface area contributed by atoms with Crippen molar-refractivity contribution in [2.45, 2.75) is 110 Å². The molecule has 0 spiro atoms. The molecule has 0 heterocycles. The molecule has 0 aliphatic rings. The zero-order chi connectivity index (χ0) is 20.3. The first-order valence-corrected chi connectivity index (χ1v) is 11.1. The van der Waals surface area contributed by atoms with Gasteiger partial charge in [0.15, 0.2) is 6.10 Å². The Morgan fingerprint density at radius 2 is 1.07 bits per heavy atom. The monoisotopic (exact) mass is 386 g/mol. The van der Waals surface area contributed by atoms with Crippen molar-refractivity contribution in [1.82, 2.24) is 0 Å². The van der Waals surface area contributed by atoms with Gasteiger partial charge >= 0.3 is 11.9 Å². The Morgan fingerprint density at radius 1 is 0.667 bits per heavy atom. The largest absolute Gasteiger partial charge is 0.466 e. The number of carbonyl (C=O) groups is 2. The molecule has 5 nitrogen and oxygen atoms in total. The maximum atomic E-state index is 12.0. The molecule has 27 heavy (non-hydrogen) atoms. The molecule has 0 amide bonds. The third kappa shape index (κ3) is 13.7. The summed E-state index contributed by atoms with van der Waals surface area (Å²) < 4.78 is 9.83. The fourth-order valence-electron chi connectivity index (χ4n) is 3.25. The van der Waals surface area contributed by atoms with Crippen LogP contribution in [0, 0.1) is 5.92 Å². The lowest BCUT2D eigenvalue weighted by Crippen LogP contribution is -2.37. The highest BCUT2D eigenvalue weighted by molar-refractivity contribution is 5.83. The summed E-state index contributed by atoms with van der Waals surface area (Å²) in [5, 5.41) is 10.1. The molecule has 1 N–H and O–H groups in total. The normalized spacial score (nSPS) is 13.2. The minimum Gasteiger partial charge on any atom is -0.466 e. The minimum atomic E-state index is -1.43. The predicted octanol–water partition coefficient (Wildman–Crippen LogP) is 5.18. The van der Waals surface area contributed by atoms with E-state index in [1.165, 1.54) is 57.8 Å². The molecule has 0 aromatic rings. The van der Waals surface area contributed by atoms with Crippen LogP contribution in [-0.2, 0) is 19.1 Å². The van der Waals surface area contributed by atoms with Crippen molar-refractivity contribution in [2.24, 2.45) is 5.92 Å². The van der Waals surface area contributed by atoms with Gasteiger partial charge < -0.3 is 14.6 Å². The van der Waals surface area contributed by atoms with Crippen molar-refractivity contribution in [3.8, 4) is 0 Å². The number of carbonyl (C=O) groups excluding carboxylic acids is 2. The summed E-state index contributed by atoms with van der Waals surface area (Å²) in [5.41, 5.74) is 0. The number of ether oxygens (including phenoxy) is 2. The van der Waals surface area contributed by atoms with E-state index in [4.69, 9.17) is 9.47 Å². The average molecular weight is 387 g/mol.